The van der Waals surface area contributed by atoms with E-state index in [1.807, 2.05) is 36.4 Å². The number of piperazine rings is 1. The molecule has 0 spiro atoms. The molecule has 0 amide bonds. The number of hydrogen-bond donors (Lipinski definition) is 0. The van der Waals surface area contributed by atoms with Crippen LogP contribution in [-0.4, -0.2) is 52.7 Å². The minimum Gasteiger partial charge on any atom is -0.419 e. The Morgan fingerprint density at radius 3 is 2.22 bits per heavy atom. The minimum atomic E-state index is 0.593. The average Bonchev–Trinajstić information content (AvgIpc) is 3.19. The summed E-state index contributed by atoms with van der Waals surface area (Å²) in [6, 6.07) is 20.3. The fraction of sp³-hybridized carbons (Fsp3) is 0.273. The maximum Gasteiger partial charge on any atom is 0.247 e. The van der Waals surface area contributed by atoms with E-state index in [4.69, 9.17) is 4.42 Å². The van der Waals surface area contributed by atoms with Crippen LogP contribution < -0.4 is 0 Å². The highest BCUT2D eigenvalue weighted by atomic mass is 16.4. The molecule has 4 rings (SSSR count). The van der Waals surface area contributed by atoms with Crippen molar-refractivity contribution in [2.45, 2.75) is 6.54 Å². The van der Waals surface area contributed by atoms with Crippen molar-refractivity contribution in [3.63, 3.8) is 0 Å². The van der Waals surface area contributed by atoms with Gasteiger partial charge >= 0.3 is 0 Å². The van der Waals surface area contributed by atoms with Crippen molar-refractivity contribution in [2.75, 3.05) is 32.7 Å². The predicted octanol–water partition coefficient (Wildman–Crippen LogP) is 3.57. The van der Waals surface area contributed by atoms with E-state index in [1.54, 1.807) is 0 Å². The van der Waals surface area contributed by atoms with Gasteiger partial charge in [0.05, 0.1) is 6.54 Å². The second kappa shape index (κ2) is 8.75. The van der Waals surface area contributed by atoms with Crippen LogP contribution in [0.1, 0.15) is 11.5 Å². The number of aromatic nitrogens is 2. The van der Waals surface area contributed by atoms with E-state index in [9.17, 15) is 0 Å². The summed E-state index contributed by atoms with van der Waals surface area (Å²) < 4.78 is 5.82. The van der Waals surface area contributed by atoms with Gasteiger partial charge in [0.2, 0.25) is 11.8 Å². The smallest absolute Gasteiger partial charge is 0.247 e. The Morgan fingerprint density at radius 1 is 0.815 bits per heavy atom. The molecular weight excluding hydrogens is 336 g/mol. The Balaban J connectivity index is 1.24. The van der Waals surface area contributed by atoms with Gasteiger partial charge in [-0.15, -0.1) is 10.2 Å². The maximum absolute atomic E-state index is 5.82. The van der Waals surface area contributed by atoms with Gasteiger partial charge in [0.1, 0.15) is 0 Å². The SMILES string of the molecule is C(=Cc1ccccc1)CN1CCN(Cc2nnc(-c3ccccc3)o2)CC1. The van der Waals surface area contributed by atoms with E-state index in [-0.39, 0.29) is 0 Å². The number of rotatable bonds is 6. The second-order valence-corrected chi connectivity index (χ2v) is 6.76. The molecule has 1 aliphatic heterocycles. The first-order valence-corrected chi connectivity index (χ1v) is 9.41. The van der Waals surface area contributed by atoms with Crippen molar-refractivity contribution in [2.24, 2.45) is 0 Å². The van der Waals surface area contributed by atoms with Crippen molar-refractivity contribution in [3.05, 3.63) is 78.2 Å². The molecule has 0 N–H and O–H groups in total. The molecule has 3 aromatic rings. The molecule has 0 bridgehead atoms. The molecule has 0 unspecified atom stereocenters. The van der Waals surface area contributed by atoms with Gasteiger partial charge in [-0.05, 0) is 17.7 Å². The summed E-state index contributed by atoms with van der Waals surface area (Å²) in [4.78, 5) is 4.85. The van der Waals surface area contributed by atoms with Gasteiger partial charge in [0.15, 0.2) is 0 Å². The lowest BCUT2D eigenvalue weighted by Gasteiger charge is -2.33. The van der Waals surface area contributed by atoms with Crippen LogP contribution in [0.3, 0.4) is 0 Å². The van der Waals surface area contributed by atoms with Gasteiger partial charge in [-0.2, -0.15) is 0 Å². The summed E-state index contributed by atoms with van der Waals surface area (Å²) in [5, 5.41) is 8.38. The van der Waals surface area contributed by atoms with E-state index < -0.39 is 0 Å². The van der Waals surface area contributed by atoms with Gasteiger partial charge in [0, 0.05) is 38.3 Å². The Labute approximate surface area is 159 Å². The first-order valence-electron chi connectivity index (χ1n) is 9.41. The third-order valence-electron chi connectivity index (χ3n) is 4.78. The molecule has 2 heterocycles. The highest BCUT2D eigenvalue weighted by Crippen LogP contribution is 2.18. The molecule has 5 nitrogen and oxygen atoms in total. The van der Waals surface area contributed by atoms with E-state index in [1.165, 1.54) is 5.56 Å². The van der Waals surface area contributed by atoms with E-state index >= 15 is 0 Å². The Kier molecular flexibility index (Phi) is 5.72. The van der Waals surface area contributed by atoms with Crippen LogP contribution in [0.25, 0.3) is 17.5 Å². The number of nitrogens with zero attached hydrogens (tertiary/aromatic N) is 4. The summed E-state index contributed by atoms with van der Waals surface area (Å²) >= 11 is 0. The van der Waals surface area contributed by atoms with Gasteiger partial charge in [0.25, 0.3) is 0 Å². The molecule has 138 valence electrons. The van der Waals surface area contributed by atoms with E-state index in [0.717, 1.165) is 38.3 Å². The van der Waals surface area contributed by atoms with Crippen LogP contribution in [0.2, 0.25) is 0 Å². The van der Waals surface area contributed by atoms with Crippen LogP contribution in [0.15, 0.2) is 71.2 Å². The molecule has 1 fully saturated rings. The molecule has 1 saturated heterocycles. The van der Waals surface area contributed by atoms with E-state index in [2.05, 4.69) is 56.4 Å². The topological polar surface area (TPSA) is 45.4 Å². The van der Waals surface area contributed by atoms with Crippen molar-refractivity contribution < 1.29 is 4.42 Å². The Bertz CT molecular complexity index is 852. The number of hydrogen-bond acceptors (Lipinski definition) is 5. The second-order valence-electron chi connectivity index (χ2n) is 6.76. The zero-order valence-corrected chi connectivity index (χ0v) is 15.4. The van der Waals surface area contributed by atoms with Crippen LogP contribution >= 0.6 is 0 Å². The molecular formula is C22H24N4O. The summed E-state index contributed by atoms with van der Waals surface area (Å²) in [5.74, 6) is 1.28. The van der Waals surface area contributed by atoms with Gasteiger partial charge in [-0.3, -0.25) is 9.80 Å². The molecule has 0 aliphatic carbocycles. The van der Waals surface area contributed by atoms with Gasteiger partial charge in [-0.25, -0.2) is 0 Å². The quantitative estimate of drug-likeness (QED) is 0.672. The molecule has 0 atom stereocenters. The fourth-order valence-corrected chi connectivity index (χ4v) is 3.24. The lowest BCUT2D eigenvalue weighted by Crippen LogP contribution is -2.45. The largest absolute Gasteiger partial charge is 0.419 e. The Hall–Kier alpha value is -2.76. The number of benzene rings is 2. The third kappa shape index (κ3) is 4.90. The van der Waals surface area contributed by atoms with Crippen molar-refractivity contribution in [1.82, 2.24) is 20.0 Å². The lowest BCUT2D eigenvalue weighted by molar-refractivity contribution is 0.128. The van der Waals surface area contributed by atoms with Crippen molar-refractivity contribution in [1.29, 1.82) is 0 Å². The predicted molar refractivity (Wildman–Crippen MR) is 107 cm³/mol. The molecule has 1 aliphatic rings. The summed E-state index contributed by atoms with van der Waals surface area (Å²) in [6.07, 6.45) is 4.44. The zero-order chi connectivity index (χ0) is 18.3. The summed E-state index contributed by atoms with van der Waals surface area (Å²) in [5.41, 5.74) is 2.22. The third-order valence-corrected chi connectivity index (χ3v) is 4.78. The molecule has 0 saturated carbocycles. The summed E-state index contributed by atoms with van der Waals surface area (Å²) in [6.45, 7) is 5.84. The highest BCUT2D eigenvalue weighted by molar-refractivity contribution is 5.51. The van der Waals surface area contributed by atoms with Crippen LogP contribution in [0, 0.1) is 0 Å². The minimum absolute atomic E-state index is 0.593. The Morgan fingerprint density at radius 2 is 1.48 bits per heavy atom. The average molecular weight is 360 g/mol. The van der Waals surface area contributed by atoms with Crippen molar-refractivity contribution >= 4 is 6.08 Å². The summed E-state index contributed by atoms with van der Waals surface area (Å²) in [7, 11) is 0. The van der Waals surface area contributed by atoms with Crippen LogP contribution in [0.4, 0.5) is 0 Å². The first-order chi connectivity index (χ1) is 13.4. The fourth-order valence-electron chi connectivity index (χ4n) is 3.24. The molecule has 1 aromatic heterocycles. The monoisotopic (exact) mass is 360 g/mol. The molecule has 2 aromatic carbocycles. The van der Waals surface area contributed by atoms with Crippen molar-refractivity contribution in [3.8, 4) is 11.5 Å². The molecule has 27 heavy (non-hydrogen) atoms. The standard InChI is InChI=1S/C22H24N4O/c1-3-8-19(9-4-1)10-7-13-25-14-16-26(17-15-25)18-21-23-24-22(27-21)20-11-5-2-6-12-20/h1-12H,13-18H2. The zero-order valence-electron chi connectivity index (χ0n) is 15.4. The first kappa shape index (κ1) is 17.6. The molecule has 0 radical (unpaired) electrons. The normalized spacial score (nSPS) is 16.1. The van der Waals surface area contributed by atoms with Gasteiger partial charge in [-0.1, -0.05) is 60.7 Å². The lowest BCUT2D eigenvalue weighted by atomic mass is 10.2. The highest BCUT2D eigenvalue weighted by Gasteiger charge is 2.18. The van der Waals surface area contributed by atoms with Crippen LogP contribution in [0.5, 0.6) is 0 Å². The maximum atomic E-state index is 5.82. The molecule has 5 heteroatoms. The van der Waals surface area contributed by atoms with Crippen LogP contribution in [-0.2, 0) is 6.54 Å². The van der Waals surface area contributed by atoms with Gasteiger partial charge < -0.3 is 4.42 Å². The van der Waals surface area contributed by atoms with E-state index in [0.29, 0.717) is 18.3 Å².